The molecule has 1 unspecified atom stereocenters. The maximum Gasteiger partial charge on any atom is 0.410 e. The summed E-state index contributed by atoms with van der Waals surface area (Å²) in [4.78, 5) is 25.1. The number of aliphatic hydroxyl groups is 1. The number of rotatable bonds is 2. The van der Waals surface area contributed by atoms with Crippen LogP contribution in [0.15, 0.2) is 0 Å². The maximum absolute atomic E-state index is 11.9. The minimum atomic E-state index is -0.766. The third-order valence-corrected chi connectivity index (χ3v) is 2.82. The Morgan fingerprint density at radius 2 is 2.00 bits per heavy atom. The van der Waals surface area contributed by atoms with E-state index in [1.165, 1.54) is 4.90 Å². The average Bonchev–Trinajstić information content (AvgIpc) is 2.27. The van der Waals surface area contributed by atoms with Crippen molar-refractivity contribution < 1.29 is 24.2 Å². The van der Waals surface area contributed by atoms with Gasteiger partial charge in [0, 0.05) is 13.1 Å². The van der Waals surface area contributed by atoms with Crippen LogP contribution in [-0.4, -0.2) is 53.5 Å². The standard InChI is InChI=1S/C13H23NO5/c1-5-18-11(16)9-8-14(7-6-10(9)15)12(17)19-13(2,3)4/h9-10,15H,5-8H2,1-4H3/t9?,10-/m1/s1. The van der Waals surface area contributed by atoms with Crippen molar-refractivity contribution in [3.63, 3.8) is 0 Å². The van der Waals surface area contributed by atoms with E-state index in [0.29, 0.717) is 13.0 Å². The van der Waals surface area contributed by atoms with Crippen LogP contribution in [0.2, 0.25) is 0 Å². The highest BCUT2D eigenvalue weighted by molar-refractivity contribution is 5.75. The second kappa shape index (κ2) is 6.23. The zero-order valence-corrected chi connectivity index (χ0v) is 12.0. The lowest BCUT2D eigenvalue weighted by Gasteiger charge is -2.35. The summed E-state index contributed by atoms with van der Waals surface area (Å²) >= 11 is 0. The molecule has 1 aliphatic rings. The van der Waals surface area contributed by atoms with Gasteiger partial charge < -0.3 is 19.5 Å². The zero-order chi connectivity index (χ0) is 14.6. The van der Waals surface area contributed by atoms with Gasteiger partial charge in [-0.3, -0.25) is 4.79 Å². The molecule has 0 aliphatic carbocycles. The van der Waals surface area contributed by atoms with Gasteiger partial charge in [-0.05, 0) is 34.1 Å². The van der Waals surface area contributed by atoms with Crippen molar-refractivity contribution in [1.29, 1.82) is 0 Å². The summed E-state index contributed by atoms with van der Waals surface area (Å²) in [5.41, 5.74) is -0.577. The van der Waals surface area contributed by atoms with Crippen LogP contribution in [0, 0.1) is 5.92 Å². The number of carbonyl (C=O) groups is 2. The number of aliphatic hydroxyl groups excluding tert-OH is 1. The van der Waals surface area contributed by atoms with Gasteiger partial charge in [-0.1, -0.05) is 0 Å². The number of amides is 1. The third-order valence-electron chi connectivity index (χ3n) is 2.82. The van der Waals surface area contributed by atoms with E-state index in [-0.39, 0.29) is 13.2 Å². The van der Waals surface area contributed by atoms with Crippen LogP contribution in [-0.2, 0) is 14.3 Å². The number of carbonyl (C=O) groups excluding carboxylic acids is 2. The molecule has 2 atom stereocenters. The van der Waals surface area contributed by atoms with Gasteiger partial charge in [-0.2, -0.15) is 0 Å². The summed E-state index contributed by atoms with van der Waals surface area (Å²) in [5, 5.41) is 9.82. The Kier molecular flexibility index (Phi) is 5.17. The number of likely N-dealkylation sites (tertiary alicyclic amines) is 1. The molecule has 0 radical (unpaired) electrons. The predicted molar refractivity (Wildman–Crippen MR) is 68.6 cm³/mol. The van der Waals surface area contributed by atoms with Crippen molar-refractivity contribution in [3.8, 4) is 0 Å². The number of ether oxygens (including phenoxy) is 2. The molecule has 0 bridgehead atoms. The first-order valence-electron chi connectivity index (χ1n) is 6.57. The highest BCUT2D eigenvalue weighted by Crippen LogP contribution is 2.21. The highest BCUT2D eigenvalue weighted by atomic mass is 16.6. The van der Waals surface area contributed by atoms with Crippen molar-refractivity contribution in [1.82, 2.24) is 4.90 Å². The molecule has 0 aromatic rings. The van der Waals surface area contributed by atoms with E-state index in [1.807, 2.05) is 0 Å². The van der Waals surface area contributed by atoms with Crippen LogP contribution < -0.4 is 0 Å². The highest BCUT2D eigenvalue weighted by Gasteiger charge is 2.37. The molecule has 0 aromatic carbocycles. The van der Waals surface area contributed by atoms with Gasteiger partial charge in [0.15, 0.2) is 0 Å². The molecule has 1 rings (SSSR count). The summed E-state index contributed by atoms with van der Waals surface area (Å²) in [6.07, 6.45) is -0.880. The molecule has 1 saturated heterocycles. The molecule has 0 spiro atoms. The molecule has 1 fully saturated rings. The quantitative estimate of drug-likeness (QED) is 0.764. The Balaban J connectivity index is 2.63. The SMILES string of the molecule is CCOC(=O)C1CN(C(=O)OC(C)(C)C)CC[C@H]1O. The van der Waals surface area contributed by atoms with Crippen LogP contribution in [0.5, 0.6) is 0 Å². The molecule has 0 aromatic heterocycles. The molecule has 19 heavy (non-hydrogen) atoms. The van der Waals surface area contributed by atoms with E-state index in [9.17, 15) is 14.7 Å². The molecular formula is C13H23NO5. The van der Waals surface area contributed by atoms with Crippen molar-refractivity contribution in [2.24, 2.45) is 5.92 Å². The van der Waals surface area contributed by atoms with E-state index in [1.54, 1.807) is 27.7 Å². The number of hydrogen-bond donors (Lipinski definition) is 1. The Bertz CT molecular complexity index is 336. The topological polar surface area (TPSA) is 76.1 Å². The lowest BCUT2D eigenvalue weighted by molar-refractivity contribution is -0.154. The molecule has 1 amide bonds. The Morgan fingerprint density at radius 1 is 1.37 bits per heavy atom. The number of hydrogen-bond acceptors (Lipinski definition) is 5. The van der Waals surface area contributed by atoms with Gasteiger partial charge in [-0.15, -0.1) is 0 Å². The van der Waals surface area contributed by atoms with Crippen molar-refractivity contribution in [2.45, 2.75) is 45.8 Å². The van der Waals surface area contributed by atoms with Crippen molar-refractivity contribution in [2.75, 3.05) is 19.7 Å². The van der Waals surface area contributed by atoms with Crippen molar-refractivity contribution >= 4 is 12.1 Å². The Hall–Kier alpha value is -1.30. The fraction of sp³-hybridized carbons (Fsp3) is 0.846. The molecule has 1 N–H and O–H groups in total. The van der Waals surface area contributed by atoms with Gasteiger partial charge in [0.1, 0.15) is 11.5 Å². The zero-order valence-electron chi connectivity index (χ0n) is 12.0. The summed E-state index contributed by atoms with van der Waals surface area (Å²) in [7, 11) is 0. The first-order chi connectivity index (χ1) is 8.74. The molecule has 110 valence electrons. The van der Waals surface area contributed by atoms with E-state index in [0.717, 1.165) is 0 Å². The van der Waals surface area contributed by atoms with Crippen LogP contribution in [0.4, 0.5) is 4.79 Å². The third kappa shape index (κ3) is 4.70. The van der Waals surface area contributed by atoms with Crippen molar-refractivity contribution in [3.05, 3.63) is 0 Å². The monoisotopic (exact) mass is 273 g/mol. The number of piperidine rings is 1. The predicted octanol–water partition coefficient (Wildman–Crippen LogP) is 1.17. The van der Waals surface area contributed by atoms with E-state index in [4.69, 9.17) is 9.47 Å². The second-order valence-corrected chi connectivity index (χ2v) is 5.64. The van der Waals surface area contributed by atoms with E-state index < -0.39 is 29.7 Å². The Labute approximate surface area is 113 Å². The molecule has 0 saturated carbocycles. The first kappa shape index (κ1) is 15.8. The molecule has 1 aliphatic heterocycles. The van der Waals surface area contributed by atoms with Gasteiger partial charge in [0.05, 0.1) is 12.7 Å². The van der Waals surface area contributed by atoms with E-state index in [2.05, 4.69) is 0 Å². The van der Waals surface area contributed by atoms with Gasteiger partial charge in [0.25, 0.3) is 0 Å². The minimum absolute atomic E-state index is 0.134. The smallest absolute Gasteiger partial charge is 0.410 e. The van der Waals surface area contributed by atoms with E-state index >= 15 is 0 Å². The average molecular weight is 273 g/mol. The fourth-order valence-electron chi connectivity index (χ4n) is 1.91. The maximum atomic E-state index is 11.9. The summed E-state index contributed by atoms with van der Waals surface area (Å²) < 4.78 is 10.2. The lowest BCUT2D eigenvalue weighted by Crippen LogP contribution is -2.50. The summed E-state index contributed by atoms with van der Waals surface area (Å²) in [6.45, 7) is 7.83. The van der Waals surface area contributed by atoms with Gasteiger partial charge in [0.2, 0.25) is 0 Å². The molecule has 6 heteroatoms. The first-order valence-corrected chi connectivity index (χ1v) is 6.57. The normalized spacial score (nSPS) is 23.9. The molecule has 6 nitrogen and oxygen atoms in total. The van der Waals surface area contributed by atoms with Crippen LogP contribution in [0.1, 0.15) is 34.1 Å². The van der Waals surface area contributed by atoms with Crippen LogP contribution in [0.25, 0.3) is 0 Å². The Morgan fingerprint density at radius 3 is 2.53 bits per heavy atom. The molecule has 1 heterocycles. The fourth-order valence-corrected chi connectivity index (χ4v) is 1.91. The van der Waals surface area contributed by atoms with Crippen LogP contribution in [0.3, 0.4) is 0 Å². The second-order valence-electron chi connectivity index (χ2n) is 5.64. The van der Waals surface area contributed by atoms with Crippen LogP contribution >= 0.6 is 0 Å². The summed E-state index contributed by atoms with van der Waals surface area (Å²) in [6, 6.07) is 0. The number of esters is 1. The lowest BCUT2D eigenvalue weighted by atomic mass is 9.95. The van der Waals surface area contributed by atoms with Gasteiger partial charge in [-0.25, -0.2) is 4.79 Å². The largest absolute Gasteiger partial charge is 0.466 e. The van der Waals surface area contributed by atoms with Gasteiger partial charge >= 0.3 is 12.1 Å². The molecular weight excluding hydrogens is 250 g/mol. The number of nitrogens with zero attached hydrogens (tertiary/aromatic N) is 1. The minimum Gasteiger partial charge on any atom is -0.466 e. The summed E-state index contributed by atoms with van der Waals surface area (Å²) in [5.74, 6) is -1.16.